The van der Waals surface area contributed by atoms with Gasteiger partial charge in [-0.25, -0.2) is 9.37 Å². The van der Waals surface area contributed by atoms with E-state index in [2.05, 4.69) is 36.4 Å². The number of piperazine rings is 1. The summed E-state index contributed by atoms with van der Waals surface area (Å²) < 4.78 is 14.3. The fourth-order valence-corrected chi connectivity index (χ4v) is 5.01. The van der Waals surface area contributed by atoms with Gasteiger partial charge in [-0.3, -0.25) is 10.9 Å². The minimum absolute atomic E-state index is 0.278. The first-order valence-corrected chi connectivity index (χ1v) is 9.54. The van der Waals surface area contributed by atoms with E-state index in [9.17, 15) is 4.39 Å². The highest BCUT2D eigenvalue weighted by molar-refractivity contribution is 5.46. The van der Waals surface area contributed by atoms with Gasteiger partial charge in [0.25, 0.3) is 0 Å². The number of nitrogens with zero attached hydrogens (tertiary/aromatic N) is 3. The molecule has 136 valence electrons. The van der Waals surface area contributed by atoms with Gasteiger partial charge in [0.05, 0.1) is 6.20 Å². The largest absolute Gasteiger partial charge is 0.365 e. The third-order valence-corrected chi connectivity index (χ3v) is 6.32. The van der Waals surface area contributed by atoms with Crippen molar-refractivity contribution in [2.75, 3.05) is 29.9 Å². The van der Waals surface area contributed by atoms with Gasteiger partial charge in [-0.15, -0.1) is 0 Å². The SMILES string of the molecule is Fc1cnc(N2C3CCC2CNC3)nc1NC1CCC2NNCC2C1. The molecule has 0 spiro atoms. The van der Waals surface area contributed by atoms with Crippen molar-refractivity contribution >= 4 is 11.8 Å². The van der Waals surface area contributed by atoms with Gasteiger partial charge in [0.15, 0.2) is 11.6 Å². The molecule has 5 unspecified atom stereocenters. The number of aromatic nitrogens is 2. The maximum atomic E-state index is 14.3. The third kappa shape index (κ3) is 2.86. The summed E-state index contributed by atoms with van der Waals surface area (Å²) in [4.78, 5) is 11.2. The summed E-state index contributed by atoms with van der Waals surface area (Å²) in [5.74, 6) is 1.30. The van der Waals surface area contributed by atoms with Crippen molar-refractivity contribution < 1.29 is 4.39 Å². The molecular formula is C17H26FN7. The van der Waals surface area contributed by atoms with E-state index in [1.54, 1.807) is 0 Å². The Morgan fingerprint density at radius 1 is 1.12 bits per heavy atom. The number of nitrogens with one attached hydrogen (secondary N) is 4. The molecule has 1 aromatic heterocycles. The Morgan fingerprint density at radius 2 is 1.96 bits per heavy atom. The van der Waals surface area contributed by atoms with Crippen LogP contribution in [0.15, 0.2) is 6.20 Å². The van der Waals surface area contributed by atoms with Crippen molar-refractivity contribution in [2.45, 2.75) is 56.3 Å². The summed E-state index contributed by atoms with van der Waals surface area (Å²) in [5.41, 5.74) is 6.57. The second-order valence-electron chi connectivity index (χ2n) is 7.86. The number of hydrogen-bond acceptors (Lipinski definition) is 7. The fourth-order valence-electron chi connectivity index (χ4n) is 5.01. The van der Waals surface area contributed by atoms with Crippen LogP contribution in [0.2, 0.25) is 0 Å². The average Bonchev–Trinajstić information content (AvgIpc) is 3.18. The zero-order chi connectivity index (χ0) is 16.8. The molecule has 1 saturated carbocycles. The van der Waals surface area contributed by atoms with Gasteiger partial charge >= 0.3 is 0 Å². The summed E-state index contributed by atoms with van der Waals surface area (Å²) in [6.45, 7) is 2.92. The summed E-state index contributed by atoms with van der Waals surface area (Å²) in [5, 5.41) is 6.83. The topological polar surface area (TPSA) is 77.1 Å². The Labute approximate surface area is 147 Å². The van der Waals surface area contributed by atoms with Crippen molar-refractivity contribution in [3.8, 4) is 0 Å². The standard InChI is InChI=1S/C17H26FN7/c18-14-9-20-17(25-12-2-3-13(25)8-19-7-12)23-16(14)22-11-1-4-15-10(5-11)6-21-24-15/h9-13,15,19,21,24H,1-8H2,(H,20,22,23). The number of anilines is 2. The highest BCUT2D eigenvalue weighted by Gasteiger charge is 2.38. The van der Waals surface area contributed by atoms with Gasteiger partial charge in [0.1, 0.15) is 0 Å². The second-order valence-corrected chi connectivity index (χ2v) is 7.86. The molecule has 5 atom stereocenters. The first-order chi connectivity index (χ1) is 12.3. The maximum absolute atomic E-state index is 14.3. The van der Waals surface area contributed by atoms with Crippen LogP contribution in [0, 0.1) is 11.7 Å². The summed E-state index contributed by atoms with van der Waals surface area (Å²) in [7, 11) is 0. The highest BCUT2D eigenvalue weighted by atomic mass is 19.1. The van der Waals surface area contributed by atoms with E-state index in [1.807, 2.05) is 0 Å². The van der Waals surface area contributed by atoms with E-state index in [1.165, 1.54) is 6.20 Å². The molecule has 5 rings (SSSR count). The molecule has 0 radical (unpaired) electrons. The van der Waals surface area contributed by atoms with E-state index in [0.29, 0.717) is 35.8 Å². The van der Waals surface area contributed by atoms with Crippen LogP contribution in [0.5, 0.6) is 0 Å². The van der Waals surface area contributed by atoms with Crippen LogP contribution < -0.4 is 26.4 Å². The lowest BCUT2D eigenvalue weighted by molar-refractivity contribution is 0.313. The number of rotatable bonds is 3. The van der Waals surface area contributed by atoms with Crippen molar-refractivity contribution in [1.29, 1.82) is 0 Å². The van der Waals surface area contributed by atoms with Crippen molar-refractivity contribution in [3.63, 3.8) is 0 Å². The first kappa shape index (κ1) is 15.7. The summed E-state index contributed by atoms with van der Waals surface area (Å²) >= 11 is 0. The van der Waals surface area contributed by atoms with Crippen LogP contribution in [-0.4, -0.2) is 53.8 Å². The minimum Gasteiger partial charge on any atom is -0.365 e. The zero-order valence-corrected chi connectivity index (χ0v) is 14.3. The Hall–Kier alpha value is -1.51. The Morgan fingerprint density at radius 3 is 2.80 bits per heavy atom. The lowest BCUT2D eigenvalue weighted by Gasteiger charge is -2.35. The molecule has 8 heteroatoms. The van der Waals surface area contributed by atoms with Gasteiger partial charge in [0, 0.05) is 43.8 Å². The van der Waals surface area contributed by atoms with Crippen molar-refractivity contribution in [2.24, 2.45) is 5.92 Å². The van der Waals surface area contributed by atoms with Gasteiger partial charge in [-0.2, -0.15) is 4.98 Å². The number of halogens is 1. The van der Waals surface area contributed by atoms with E-state index >= 15 is 0 Å². The average molecular weight is 347 g/mol. The molecular weight excluding hydrogens is 321 g/mol. The Bertz CT molecular complexity index is 625. The third-order valence-electron chi connectivity index (χ3n) is 6.32. The lowest BCUT2D eigenvalue weighted by Crippen LogP contribution is -2.52. The number of fused-ring (bicyclic) bond motifs is 3. The predicted molar refractivity (Wildman–Crippen MR) is 93.8 cm³/mol. The van der Waals surface area contributed by atoms with Gasteiger partial charge in [-0.1, -0.05) is 0 Å². The lowest BCUT2D eigenvalue weighted by atomic mass is 9.83. The van der Waals surface area contributed by atoms with E-state index in [-0.39, 0.29) is 11.9 Å². The molecule has 4 heterocycles. The first-order valence-electron chi connectivity index (χ1n) is 9.54. The van der Waals surface area contributed by atoms with Crippen LogP contribution in [0.25, 0.3) is 0 Å². The van der Waals surface area contributed by atoms with Crippen LogP contribution in [0.1, 0.15) is 32.1 Å². The molecule has 2 bridgehead atoms. The predicted octanol–water partition coefficient (Wildman–Crippen LogP) is 0.613. The van der Waals surface area contributed by atoms with Crippen LogP contribution in [0.3, 0.4) is 0 Å². The molecule has 1 aliphatic carbocycles. The van der Waals surface area contributed by atoms with Crippen molar-refractivity contribution in [1.82, 2.24) is 26.1 Å². The molecule has 1 aromatic rings. The molecule has 4 N–H and O–H groups in total. The van der Waals surface area contributed by atoms with Crippen LogP contribution in [0.4, 0.5) is 16.2 Å². The quantitative estimate of drug-likeness (QED) is 0.638. The fraction of sp³-hybridized carbons (Fsp3) is 0.765. The molecule has 0 aromatic carbocycles. The van der Waals surface area contributed by atoms with Gasteiger partial charge < -0.3 is 15.5 Å². The number of hydrogen-bond donors (Lipinski definition) is 4. The zero-order valence-electron chi connectivity index (χ0n) is 14.3. The molecule has 4 fully saturated rings. The second kappa shape index (κ2) is 6.34. The van der Waals surface area contributed by atoms with E-state index in [4.69, 9.17) is 0 Å². The molecule has 3 aliphatic heterocycles. The Kier molecular flexibility index (Phi) is 3.98. The molecule has 25 heavy (non-hydrogen) atoms. The smallest absolute Gasteiger partial charge is 0.228 e. The molecule has 4 aliphatic rings. The number of hydrazine groups is 1. The summed E-state index contributed by atoms with van der Waals surface area (Å²) in [6.07, 6.45) is 6.84. The maximum Gasteiger partial charge on any atom is 0.228 e. The molecule has 0 amide bonds. The van der Waals surface area contributed by atoms with Crippen LogP contribution >= 0.6 is 0 Å². The van der Waals surface area contributed by atoms with E-state index in [0.717, 1.165) is 51.7 Å². The van der Waals surface area contributed by atoms with Crippen LogP contribution in [-0.2, 0) is 0 Å². The monoisotopic (exact) mass is 347 g/mol. The van der Waals surface area contributed by atoms with Gasteiger partial charge in [0.2, 0.25) is 5.95 Å². The van der Waals surface area contributed by atoms with Crippen molar-refractivity contribution in [3.05, 3.63) is 12.0 Å². The molecule has 3 saturated heterocycles. The highest BCUT2D eigenvalue weighted by Crippen LogP contribution is 2.32. The minimum atomic E-state index is -0.351. The summed E-state index contributed by atoms with van der Waals surface area (Å²) in [6, 6.07) is 1.70. The van der Waals surface area contributed by atoms with E-state index < -0.39 is 0 Å². The van der Waals surface area contributed by atoms with Gasteiger partial charge in [-0.05, 0) is 38.0 Å². The molecule has 7 nitrogen and oxygen atoms in total. The normalized spacial score (nSPS) is 37.2. The Balaban J connectivity index is 1.33.